The van der Waals surface area contributed by atoms with Crippen LogP contribution >= 0.6 is 0 Å². The molecule has 0 radical (unpaired) electrons. The van der Waals surface area contributed by atoms with Crippen molar-refractivity contribution in [1.82, 2.24) is 0 Å². The molecule has 0 heterocycles. The average molecular weight is 250 g/mol. The molecule has 1 aliphatic carbocycles. The van der Waals surface area contributed by atoms with Gasteiger partial charge in [-0.3, -0.25) is 0 Å². The Hall–Kier alpha value is -0.560. The topological polar surface area (TPSA) is 20.2 Å². The Labute approximate surface area is 113 Å². The van der Waals surface area contributed by atoms with Crippen molar-refractivity contribution in [1.29, 1.82) is 0 Å². The van der Waals surface area contributed by atoms with E-state index in [1.54, 1.807) is 11.1 Å². The highest BCUT2D eigenvalue weighted by Crippen LogP contribution is 2.42. The van der Waals surface area contributed by atoms with E-state index in [9.17, 15) is 5.11 Å². The lowest BCUT2D eigenvalue weighted by atomic mass is 9.71. The van der Waals surface area contributed by atoms with Crippen molar-refractivity contribution >= 4 is 0 Å². The van der Waals surface area contributed by atoms with Crippen molar-refractivity contribution in [2.24, 2.45) is 5.41 Å². The lowest BCUT2D eigenvalue weighted by Gasteiger charge is -2.34. The van der Waals surface area contributed by atoms with E-state index >= 15 is 0 Å². The predicted molar refractivity (Wildman–Crippen MR) is 79.6 cm³/mol. The van der Waals surface area contributed by atoms with Crippen molar-refractivity contribution in [3.63, 3.8) is 0 Å². The molecule has 1 unspecified atom stereocenters. The van der Waals surface area contributed by atoms with Crippen LogP contribution in [-0.2, 0) is 0 Å². The molecule has 1 nitrogen and oxygen atoms in total. The quantitative estimate of drug-likeness (QED) is 0.657. The average Bonchev–Trinajstić information content (AvgIpc) is 2.25. The molecule has 0 amide bonds. The highest BCUT2D eigenvalue weighted by atomic mass is 16.3. The lowest BCUT2D eigenvalue weighted by molar-refractivity contribution is 0.186. The van der Waals surface area contributed by atoms with E-state index in [1.165, 1.54) is 25.7 Å². The fraction of sp³-hybridized carbons (Fsp3) is 0.765. The fourth-order valence-electron chi connectivity index (χ4n) is 3.03. The second-order valence-corrected chi connectivity index (χ2v) is 6.43. The van der Waals surface area contributed by atoms with Crippen LogP contribution in [0.4, 0.5) is 0 Å². The molecular weight excluding hydrogens is 220 g/mol. The summed E-state index contributed by atoms with van der Waals surface area (Å²) < 4.78 is 0. The molecule has 0 bridgehead atoms. The van der Waals surface area contributed by atoms with Gasteiger partial charge in [-0.15, -0.1) is 0 Å². The number of allylic oxidation sites excluding steroid dienone is 4. The summed E-state index contributed by atoms with van der Waals surface area (Å²) in [6.45, 7) is 8.95. The second kappa shape index (κ2) is 7.13. The molecule has 1 heteroatoms. The minimum atomic E-state index is -0.170. The zero-order valence-corrected chi connectivity index (χ0v) is 12.6. The van der Waals surface area contributed by atoms with E-state index in [1.807, 2.05) is 6.92 Å². The third-order valence-electron chi connectivity index (χ3n) is 4.16. The van der Waals surface area contributed by atoms with E-state index in [0.29, 0.717) is 5.41 Å². The Bertz CT molecular complexity index is 308. The number of aliphatic hydroxyl groups excluding tert-OH is 1. The number of hydrogen-bond acceptors (Lipinski definition) is 1. The number of aliphatic hydroxyl groups is 1. The summed E-state index contributed by atoms with van der Waals surface area (Å²) in [4.78, 5) is 0. The molecule has 0 saturated carbocycles. The van der Waals surface area contributed by atoms with Gasteiger partial charge in [0.2, 0.25) is 0 Å². The van der Waals surface area contributed by atoms with Crippen LogP contribution in [0.5, 0.6) is 0 Å². The normalized spacial score (nSPS) is 21.6. The van der Waals surface area contributed by atoms with Gasteiger partial charge in [-0.05, 0) is 64.2 Å². The lowest BCUT2D eigenvalue weighted by Crippen LogP contribution is -2.20. The third kappa shape index (κ3) is 4.97. The van der Waals surface area contributed by atoms with Gasteiger partial charge in [-0.2, -0.15) is 0 Å². The van der Waals surface area contributed by atoms with E-state index < -0.39 is 0 Å². The van der Waals surface area contributed by atoms with E-state index in [2.05, 4.69) is 32.9 Å². The summed E-state index contributed by atoms with van der Waals surface area (Å²) in [7, 11) is 0. The Balaban J connectivity index is 2.38. The molecule has 0 aromatic carbocycles. The molecule has 0 aliphatic heterocycles. The van der Waals surface area contributed by atoms with Crippen LogP contribution in [-0.4, -0.2) is 11.2 Å². The summed E-state index contributed by atoms with van der Waals surface area (Å²) in [6, 6.07) is 0. The maximum absolute atomic E-state index is 9.17. The Morgan fingerprint density at radius 3 is 2.56 bits per heavy atom. The minimum absolute atomic E-state index is 0.170. The Kier molecular flexibility index (Phi) is 6.14. The van der Waals surface area contributed by atoms with Crippen molar-refractivity contribution in [2.45, 2.75) is 78.7 Å². The van der Waals surface area contributed by atoms with Crippen LogP contribution in [0.2, 0.25) is 0 Å². The SMILES string of the molecule is CC1=C(CC/C=C/CCC(C)O)C(C)(C)CCC1. The van der Waals surface area contributed by atoms with E-state index in [0.717, 1.165) is 19.3 Å². The van der Waals surface area contributed by atoms with Gasteiger partial charge in [0, 0.05) is 0 Å². The molecular formula is C17H30O. The first-order valence-corrected chi connectivity index (χ1v) is 7.45. The highest BCUT2D eigenvalue weighted by molar-refractivity contribution is 5.22. The van der Waals surface area contributed by atoms with Gasteiger partial charge < -0.3 is 5.11 Å². The number of hydrogen-bond donors (Lipinski definition) is 1. The largest absolute Gasteiger partial charge is 0.393 e. The molecule has 1 N–H and O–H groups in total. The summed E-state index contributed by atoms with van der Waals surface area (Å²) in [5.41, 5.74) is 3.73. The molecule has 0 aromatic rings. The van der Waals surface area contributed by atoms with Crippen molar-refractivity contribution in [3.05, 3.63) is 23.3 Å². The first-order valence-electron chi connectivity index (χ1n) is 7.45. The zero-order chi connectivity index (χ0) is 13.6. The first kappa shape index (κ1) is 15.5. The first-order chi connectivity index (χ1) is 8.43. The maximum atomic E-state index is 9.17. The summed E-state index contributed by atoms with van der Waals surface area (Å²) in [6.07, 6.45) is 12.6. The third-order valence-corrected chi connectivity index (χ3v) is 4.16. The summed E-state index contributed by atoms with van der Waals surface area (Å²) in [5.74, 6) is 0. The fourth-order valence-corrected chi connectivity index (χ4v) is 3.03. The van der Waals surface area contributed by atoms with E-state index in [-0.39, 0.29) is 6.10 Å². The summed E-state index contributed by atoms with van der Waals surface area (Å²) >= 11 is 0. The Morgan fingerprint density at radius 2 is 1.94 bits per heavy atom. The smallest absolute Gasteiger partial charge is 0.0515 e. The molecule has 0 saturated heterocycles. The van der Waals surface area contributed by atoms with Crippen LogP contribution in [0.1, 0.15) is 72.6 Å². The molecule has 1 atom stereocenters. The van der Waals surface area contributed by atoms with Crippen molar-refractivity contribution in [2.75, 3.05) is 0 Å². The van der Waals surface area contributed by atoms with Crippen LogP contribution in [0, 0.1) is 5.41 Å². The second-order valence-electron chi connectivity index (χ2n) is 6.43. The zero-order valence-electron chi connectivity index (χ0n) is 12.6. The van der Waals surface area contributed by atoms with Gasteiger partial charge in [0.1, 0.15) is 0 Å². The molecule has 0 fully saturated rings. The predicted octanol–water partition coefficient (Wildman–Crippen LogP) is 5.01. The maximum Gasteiger partial charge on any atom is 0.0515 e. The monoisotopic (exact) mass is 250 g/mol. The highest BCUT2D eigenvalue weighted by Gasteiger charge is 2.27. The van der Waals surface area contributed by atoms with Crippen LogP contribution in [0.25, 0.3) is 0 Å². The molecule has 0 aromatic heterocycles. The van der Waals surface area contributed by atoms with Crippen LogP contribution < -0.4 is 0 Å². The van der Waals surface area contributed by atoms with E-state index in [4.69, 9.17) is 0 Å². The van der Waals surface area contributed by atoms with Gasteiger partial charge >= 0.3 is 0 Å². The van der Waals surface area contributed by atoms with Gasteiger partial charge in [0.05, 0.1) is 6.10 Å². The molecule has 18 heavy (non-hydrogen) atoms. The van der Waals surface area contributed by atoms with Gasteiger partial charge in [-0.1, -0.05) is 37.1 Å². The molecule has 1 aliphatic rings. The summed E-state index contributed by atoms with van der Waals surface area (Å²) in [5, 5.41) is 9.17. The number of rotatable bonds is 6. The van der Waals surface area contributed by atoms with Crippen LogP contribution in [0.15, 0.2) is 23.3 Å². The standard InChI is InChI=1S/C17H30O/c1-14-10-9-13-17(3,4)16(14)12-8-6-5-7-11-15(2)18/h5-6,15,18H,7-13H2,1-4H3/b6-5+. The van der Waals surface area contributed by atoms with Gasteiger partial charge in [0.15, 0.2) is 0 Å². The van der Waals surface area contributed by atoms with Gasteiger partial charge in [0.25, 0.3) is 0 Å². The van der Waals surface area contributed by atoms with Crippen LogP contribution in [0.3, 0.4) is 0 Å². The minimum Gasteiger partial charge on any atom is -0.393 e. The van der Waals surface area contributed by atoms with Gasteiger partial charge in [-0.25, -0.2) is 0 Å². The molecule has 0 spiro atoms. The van der Waals surface area contributed by atoms with Crippen molar-refractivity contribution < 1.29 is 5.11 Å². The van der Waals surface area contributed by atoms with Crippen molar-refractivity contribution in [3.8, 4) is 0 Å². The Morgan fingerprint density at radius 1 is 1.28 bits per heavy atom. The molecule has 1 rings (SSSR count). The molecule has 104 valence electrons.